The number of allylic oxidation sites excluding steroid dienone is 1. The fraction of sp³-hybridized carbons (Fsp3) is 0.455. The highest BCUT2D eigenvalue weighted by molar-refractivity contribution is 5.08. The first-order valence-electron chi connectivity index (χ1n) is 4.48. The average Bonchev–Trinajstić information content (AvgIpc) is 2.47. The van der Waals surface area contributed by atoms with Gasteiger partial charge in [0.2, 0.25) is 0 Å². The van der Waals surface area contributed by atoms with Crippen molar-refractivity contribution in [3.8, 4) is 0 Å². The Labute approximate surface area is 78.9 Å². The topological polar surface area (TPSA) is 33.4 Å². The smallest absolute Gasteiger partial charge is 0.132 e. The third kappa shape index (κ3) is 3.07. The summed E-state index contributed by atoms with van der Waals surface area (Å²) in [6.07, 6.45) is 1.02. The van der Waals surface area contributed by atoms with E-state index in [1.807, 2.05) is 26.0 Å². The molecule has 1 aromatic rings. The molecule has 0 aromatic carbocycles. The summed E-state index contributed by atoms with van der Waals surface area (Å²) in [5.74, 6) is 1.49. The largest absolute Gasteiger partial charge is 0.464 e. The number of hydrogen-bond acceptors (Lipinski definition) is 2. The molecule has 1 heterocycles. The maximum Gasteiger partial charge on any atom is 0.132 e. The van der Waals surface area contributed by atoms with Crippen molar-refractivity contribution in [3.63, 3.8) is 0 Å². The van der Waals surface area contributed by atoms with E-state index in [0.29, 0.717) is 12.2 Å². The predicted octanol–water partition coefficient (Wildman–Crippen LogP) is 2.98. The first-order chi connectivity index (χ1) is 6.09. The van der Waals surface area contributed by atoms with Crippen LogP contribution in [0, 0.1) is 6.92 Å². The Hall–Kier alpha value is -1.02. The van der Waals surface area contributed by atoms with Crippen LogP contribution in [-0.4, -0.2) is 5.11 Å². The first-order valence-corrected chi connectivity index (χ1v) is 4.48. The van der Waals surface area contributed by atoms with E-state index >= 15 is 0 Å². The van der Waals surface area contributed by atoms with Gasteiger partial charge < -0.3 is 9.52 Å². The molecule has 0 spiro atoms. The van der Waals surface area contributed by atoms with Crippen molar-refractivity contribution in [2.45, 2.75) is 32.8 Å². The van der Waals surface area contributed by atoms with Crippen LogP contribution in [0.3, 0.4) is 0 Å². The van der Waals surface area contributed by atoms with Crippen LogP contribution in [0.15, 0.2) is 28.7 Å². The Morgan fingerprint density at radius 2 is 2.31 bits per heavy atom. The molecule has 0 saturated carbocycles. The molecule has 0 fully saturated rings. The number of rotatable bonds is 4. The van der Waals surface area contributed by atoms with Gasteiger partial charge in [0, 0.05) is 0 Å². The molecule has 1 N–H and O–H groups in total. The van der Waals surface area contributed by atoms with Crippen LogP contribution in [0.4, 0.5) is 0 Å². The Morgan fingerprint density at radius 3 is 2.77 bits per heavy atom. The number of hydrogen-bond donors (Lipinski definition) is 1. The third-order valence-corrected chi connectivity index (χ3v) is 1.93. The van der Waals surface area contributed by atoms with Gasteiger partial charge in [-0.05, 0) is 38.8 Å². The Bertz CT molecular complexity index is 286. The lowest BCUT2D eigenvalue weighted by Crippen LogP contribution is -1.95. The van der Waals surface area contributed by atoms with Crippen LogP contribution in [-0.2, 0) is 0 Å². The van der Waals surface area contributed by atoms with Crippen molar-refractivity contribution >= 4 is 0 Å². The van der Waals surface area contributed by atoms with E-state index in [-0.39, 0.29) is 0 Å². The van der Waals surface area contributed by atoms with Crippen molar-refractivity contribution in [3.05, 3.63) is 35.8 Å². The molecule has 1 rings (SSSR count). The van der Waals surface area contributed by atoms with Gasteiger partial charge >= 0.3 is 0 Å². The highest BCUT2D eigenvalue weighted by Crippen LogP contribution is 2.21. The van der Waals surface area contributed by atoms with Gasteiger partial charge in [-0.15, -0.1) is 6.58 Å². The number of aliphatic hydroxyl groups is 1. The lowest BCUT2D eigenvalue weighted by molar-refractivity contribution is 0.139. The highest BCUT2D eigenvalue weighted by Gasteiger charge is 2.10. The summed E-state index contributed by atoms with van der Waals surface area (Å²) in [6, 6.07) is 3.68. The maximum absolute atomic E-state index is 9.65. The van der Waals surface area contributed by atoms with E-state index in [0.717, 1.165) is 17.8 Å². The molecule has 72 valence electrons. The van der Waals surface area contributed by atoms with Gasteiger partial charge in [0.25, 0.3) is 0 Å². The second-order valence-electron chi connectivity index (χ2n) is 3.46. The van der Waals surface area contributed by atoms with E-state index in [2.05, 4.69) is 6.58 Å². The Balaban J connectivity index is 2.48. The van der Waals surface area contributed by atoms with E-state index in [1.54, 1.807) is 0 Å². The van der Waals surface area contributed by atoms with Crippen LogP contribution < -0.4 is 0 Å². The summed E-state index contributed by atoms with van der Waals surface area (Å²) in [7, 11) is 0. The van der Waals surface area contributed by atoms with Gasteiger partial charge in [-0.2, -0.15) is 0 Å². The molecule has 1 atom stereocenters. The fourth-order valence-electron chi connectivity index (χ4n) is 1.16. The van der Waals surface area contributed by atoms with Gasteiger partial charge in [-0.1, -0.05) is 5.57 Å². The summed E-state index contributed by atoms with van der Waals surface area (Å²) in [4.78, 5) is 0. The lowest BCUT2D eigenvalue weighted by atomic mass is 10.1. The third-order valence-electron chi connectivity index (χ3n) is 1.93. The van der Waals surface area contributed by atoms with E-state index < -0.39 is 6.10 Å². The Kier molecular flexibility index (Phi) is 3.32. The lowest BCUT2D eigenvalue weighted by Gasteiger charge is -2.06. The predicted molar refractivity (Wildman–Crippen MR) is 52.5 cm³/mol. The second-order valence-corrected chi connectivity index (χ2v) is 3.46. The number of furan rings is 1. The normalized spacial score (nSPS) is 12.8. The zero-order valence-corrected chi connectivity index (χ0v) is 8.21. The molecule has 13 heavy (non-hydrogen) atoms. The average molecular weight is 180 g/mol. The summed E-state index contributed by atoms with van der Waals surface area (Å²) < 4.78 is 5.30. The minimum Gasteiger partial charge on any atom is -0.464 e. The summed E-state index contributed by atoms with van der Waals surface area (Å²) in [5.41, 5.74) is 1.09. The fourth-order valence-corrected chi connectivity index (χ4v) is 1.16. The Morgan fingerprint density at radius 1 is 1.62 bits per heavy atom. The molecule has 0 aliphatic carbocycles. The van der Waals surface area contributed by atoms with Crippen molar-refractivity contribution in [1.29, 1.82) is 0 Å². The molecule has 2 heteroatoms. The molecule has 0 aliphatic heterocycles. The number of aryl methyl sites for hydroxylation is 1. The van der Waals surface area contributed by atoms with Crippen molar-refractivity contribution in [1.82, 2.24) is 0 Å². The van der Waals surface area contributed by atoms with Gasteiger partial charge in [0.1, 0.15) is 17.6 Å². The van der Waals surface area contributed by atoms with Gasteiger partial charge in [-0.25, -0.2) is 0 Å². The molecule has 0 radical (unpaired) electrons. The minimum absolute atomic E-state index is 0.495. The molecule has 0 saturated heterocycles. The SMILES string of the molecule is C=C(C)CCC(O)c1ccc(C)o1. The molecule has 1 aromatic heterocycles. The standard InChI is InChI=1S/C11H16O2/c1-8(2)4-6-10(12)11-7-5-9(3)13-11/h5,7,10,12H,1,4,6H2,2-3H3. The number of aliphatic hydroxyl groups excluding tert-OH is 1. The summed E-state index contributed by atoms with van der Waals surface area (Å²) in [6.45, 7) is 7.61. The van der Waals surface area contributed by atoms with Gasteiger partial charge in [-0.3, -0.25) is 0 Å². The summed E-state index contributed by atoms with van der Waals surface area (Å²) in [5, 5.41) is 9.65. The van der Waals surface area contributed by atoms with E-state index in [1.165, 1.54) is 0 Å². The van der Waals surface area contributed by atoms with Crippen LogP contribution in [0.5, 0.6) is 0 Å². The van der Waals surface area contributed by atoms with Crippen molar-refractivity contribution < 1.29 is 9.52 Å². The zero-order chi connectivity index (χ0) is 9.84. The second kappa shape index (κ2) is 4.28. The highest BCUT2D eigenvalue weighted by atomic mass is 16.4. The molecule has 0 bridgehead atoms. The maximum atomic E-state index is 9.65. The molecular formula is C11H16O2. The van der Waals surface area contributed by atoms with Gasteiger partial charge in [0.15, 0.2) is 0 Å². The quantitative estimate of drug-likeness (QED) is 0.722. The van der Waals surface area contributed by atoms with Crippen molar-refractivity contribution in [2.75, 3.05) is 0 Å². The molecule has 1 unspecified atom stereocenters. The molecule has 0 amide bonds. The monoisotopic (exact) mass is 180 g/mol. The van der Waals surface area contributed by atoms with Crippen molar-refractivity contribution in [2.24, 2.45) is 0 Å². The van der Waals surface area contributed by atoms with E-state index in [4.69, 9.17) is 4.42 Å². The van der Waals surface area contributed by atoms with Crippen LogP contribution in [0.1, 0.15) is 37.4 Å². The minimum atomic E-state index is -0.495. The molecule has 0 aliphatic rings. The van der Waals surface area contributed by atoms with Gasteiger partial charge in [0.05, 0.1) is 0 Å². The summed E-state index contributed by atoms with van der Waals surface area (Å²) >= 11 is 0. The van der Waals surface area contributed by atoms with E-state index in [9.17, 15) is 5.11 Å². The first kappa shape index (κ1) is 10.1. The van der Waals surface area contributed by atoms with Crippen LogP contribution >= 0.6 is 0 Å². The van der Waals surface area contributed by atoms with Crippen LogP contribution in [0.25, 0.3) is 0 Å². The van der Waals surface area contributed by atoms with Crippen LogP contribution in [0.2, 0.25) is 0 Å². The molecule has 2 nitrogen and oxygen atoms in total. The zero-order valence-electron chi connectivity index (χ0n) is 8.21. The molecular weight excluding hydrogens is 164 g/mol.